The number of hydrogen-bond acceptors (Lipinski definition) is 9. The molecule has 0 bridgehead atoms. The number of nitrogens with zero attached hydrogens (tertiary/aromatic N) is 2. The second-order valence-corrected chi connectivity index (χ2v) is 10.9. The van der Waals surface area contributed by atoms with Crippen LogP contribution in [0.5, 0.6) is 11.5 Å². The number of rotatable bonds is 18. The summed E-state index contributed by atoms with van der Waals surface area (Å²) < 4.78 is 17.9. The van der Waals surface area contributed by atoms with Crippen molar-refractivity contribution in [2.75, 3.05) is 46.8 Å². The van der Waals surface area contributed by atoms with Crippen LogP contribution in [0.1, 0.15) is 37.7 Å². The van der Waals surface area contributed by atoms with Gasteiger partial charge in [-0.2, -0.15) is 0 Å². The fraction of sp³-hybridized carbons (Fsp3) is 0.500. The number of nitrogens with one attached hydrogen (secondary N) is 2. The normalized spacial score (nSPS) is 11.0. The third-order valence-corrected chi connectivity index (χ3v) is 8.05. The number of thioether (sulfide) groups is 1. The van der Waals surface area contributed by atoms with Gasteiger partial charge in [0.15, 0.2) is 16.7 Å². The minimum absolute atomic E-state index is 0.00655. The second-order valence-electron chi connectivity index (χ2n) is 9.07. The largest absolute Gasteiger partial charge is 0.493 e. The number of carbonyl (C=O) groups is 2. The molecule has 0 aliphatic heterocycles. The first-order chi connectivity index (χ1) is 19.5. The molecule has 12 heteroatoms. The Kier molecular flexibility index (Phi) is 13.3. The Bertz CT molecular complexity index is 1310. The van der Waals surface area contributed by atoms with E-state index in [4.69, 9.17) is 14.2 Å². The number of aromatic nitrogens is 2. The molecule has 0 fully saturated rings. The summed E-state index contributed by atoms with van der Waals surface area (Å²) in [5, 5.41) is 8.21. The standard InChI is InChI=1S/C28H38N4O6S2/c1-36-16-7-13-29-25(34)19-40-28-31-21-12-17-39-26(21)27(35)32(28)15-6-4-5-8-24(33)30-14-11-20-9-10-22(37-2)23(18-20)38-3/h9-10,12,17-18H,4-8,11,13-16,19H2,1-3H3,(H,29,34)(H,30,33). The lowest BCUT2D eigenvalue weighted by atomic mass is 10.1. The molecule has 3 aromatic rings. The molecule has 3 rings (SSSR count). The molecular weight excluding hydrogens is 552 g/mol. The molecule has 0 spiro atoms. The highest BCUT2D eigenvalue weighted by atomic mass is 32.2. The maximum Gasteiger partial charge on any atom is 0.272 e. The van der Waals surface area contributed by atoms with E-state index in [9.17, 15) is 14.4 Å². The van der Waals surface area contributed by atoms with Gasteiger partial charge in [-0.15, -0.1) is 11.3 Å². The topological polar surface area (TPSA) is 121 Å². The van der Waals surface area contributed by atoms with Gasteiger partial charge in [-0.1, -0.05) is 24.2 Å². The number of ether oxygens (including phenoxy) is 3. The first kappa shape index (κ1) is 31.4. The minimum Gasteiger partial charge on any atom is -0.493 e. The van der Waals surface area contributed by atoms with E-state index in [-0.39, 0.29) is 23.1 Å². The summed E-state index contributed by atoms with van der Waals surface area (Å²) in [5.41, 5.74) is 1.62. The first-order valence-corrected chi connectivity index (χ1v) is 15.2. The van der Waals surface area contributed by atoms with Crippen molar-refractivity contribution in [2.24, 2.45) is 0 Å². The van der Waals surface area contributed by atoms with E-state index in [2.05, 4.69) is 15.6 Å². The molecule has 2 aromatic heterocycles. The summed E-state index contributed by atoms with van der Waals surface area (Å²) in [6, 6.07) is 7.55. The number of fused-ring (bicyclic) bond motifs is 1. The van der Waals surface area contributed by atoms with Crippen LogP contribution in [-0.4, -0.2) is 68.1 Å². The highest BCUT2D eigenvalue weighted by Crippen LogP contribution is 2.27. The average Bonchev–Trinajstić information content (AvgIpc) is 3.44. The summed E-state index contributed by atoms with van der Waals surface area (Å²) in [7, 11) is 4.82. The molecule has 40 heavy (non-hydrogen) atoms. The maximum absolute atomic E-state index is 13.1. The first-order valence-electron chi connectivity index (χ1n) is 13.3. The molecule has 1 aromatic carbocycles. The molecule has 0 aliphatic carbocycles. The van der Waals surface area contributed by atoms with E-state index in [1.165, 1.54) is 23.1 Å². The van der Waals surface area contributed by atoms with E-state index in [1.54, 1.807) is 25.9 Å². The van der Waals surface area contributed by atoms with E-state index in [0.29, 0.717) is 66.0 Å². The third kappa shape index (κ3) is 9.53. The Hall–Kier alpha value is -3.09. The fourth-order valence-corrected chi connectivity index (χ4v) is 5.69. The smallest absolute Gasteiger partial charge is 0.272 e. The van der Waals surface area contributed by atoms with Crippen LogP contribution in [0.15, 0.2) is 39.6 Å². The van der Waals surface area contributed by atoms with Gasteiger partial charge in [0, 0.05) is 39.8 Å². The molecular formula is C28H38N4O6S2. The van der Waals surface area contributed by atoms with Crippen LogP contribution in [0.2, 0.25) is 0 Å². The zero-order valence-electron chi connectivity index (χ0n) is 23.3. The number of hydrogen-bond donors (Lipinski definition) is 2. The van der Waals surface area contributed by atoms with E-state index in [1.807, 2.05) is 29.6 Å². The Morgan fingerprint density at radius 1 is 0.975 bits per heavy atom. The molecule has 0 unspecified atom stereocenters. The van der Waals surface area contributed by atoms with Crippen LogP contribution in [-0.2, 0) is 27.3 Å². The Morgan fingerprint density at radius 2 is 1.77 bits per heavy atom. The van der Waals surface area contributed by atoms with Gasteiger partial charge in [0.25, 0.3) is 5.56 Å². The molecule has 0 radical (unpaired) electrons. The molecule has 218 valence electrons. The molecule has 2 heterocycles. The van der Waals surface area contributed by atoms with Crippen LogP contribution in [0.25, 0.3) is 10.2 Å². The highest BCUT2D eigenvalue weighted by Gasteiger charge is 2.14. The zero-order valence-corrected chi connectivity index (χ0v) is 25.0. The van der Waals surface area contributed by atoms with Crippen molar-refractivity contribution >= 4 is 45.1 Å². The lowest BCUT2D eigenvalue weighted by molar-refractivity contribution is -0.121. The third-order valence-electron chi connectivity index (χ3n) is 6.18. The van der Waals surface area contributed by atoms with Crippen molar-refractivity contribution in [2.45, 2.75) is 50.2 Å². The minimum atomic E-state index is -0.107. The summed E-state index contributed by atoms with van der Waals surface area (Å²) in [4.78, 5) is 42.3. The van der Waals surface area contributed by atoms with Gasteiger partial charge in [0.1, 0.15) is 4.70 Å². The van der Waals surface area contributed by atoms with Crippen LogP contribution >= 0.6 is 23.1 Å². The molecule has 2 N–H and O–H groups in total. The second kappa shape index (κ2) is 16.9. The Labute approximate surface area is 242 Å². The van der Waals surface area contributed by atoms with Crippen LogP contribution in [0.4, 0.5) is 0 Å². The quantitative estimate of drug-likeness (QED) is 0.131. The maximum atomic E-state index is 13.1. The average molecular weight is 591 g/mol. The molecule has 0 aliphatic rings. The monoisotopic (exact) mass is 590 g/mol. The lowest BCUT2D eigenvalue weighted by Crippen LogP contribution is -2.28. The van der Waals surface area contributed by atoms with Gasteiger partial charge < -0.3 is 24.8 Å². The molecule has 2 amide bonds. The predicted molar refractivity (Wildman–Crippen MR) is 159 cm³/mol. The predicted octanol–water partition coefficient (Wildman–Crippen LogP) is 3.64. The van der Waals surface area contributed by atoms with E-state index < -0.39 is 0 Å². The Morgan fingerprint density at radius 3 is 2.55 bits per heavy atom. The van der Waals surface area contributed by atoms with Gasteiger partial charge in [-0.05, 0) is 54.8 Å². The van der Waals surface area contributed by atoms with Crippen molar-refractivity contribution in [3.63, 3.8) is 0 Å². The zero-order chi connectivity index (χ0) is 28.7. The number of benzene rings is 1. The van der Waals surface area contributed by atoms with Gasteiger partial charge in [-0.3, -0.25) is 19.0 Å². The van der Waals surface area contributed by atoms with E-state index in [0.717, 1.165) is 31.2 Å². The van der Waals surface area contributed by atoms with Gasteiger partial charge >= 0.3 is 0 Å². The van der Waals surface area contributed by atoms with Gasteiger partial charge in [-0.25, -0.2) is 4.98 Å². The molecule has 0 saturated carbocycles. The summed E-state index contributed by atoms with van der Waals surface area (Å²) in [6.07, 6.45) is 4.10. The SMILES string of the molecule is COCCCNC(=O)CSc1nc2ccsc2c(=O)n1CCCCCC(=O)NCCc1ccc(OC)c(OC)c1. The number of carbonyl (C=O) groups excluding carboxylic acids is 2. The van der Waals surface area contributed by atoms with Crippen molar-refractivity contribution in [3.8, 4) is 11.5 Å². The van der Waals surface area contributed by atoms with Crippen LogP contribution in [0, 0.1) is 0 Å². The summed E-state index contributed by atoms with van der Waals surface area (Å²) in [5.74, 6) is 1.42. The van der Waals surface area contributed by atoms with Crippen molar-refractivity contribution < 1.29 is 23.8 Å². The Balaban J connectivity index is 1.43. The molecule has 0 atom stereocenters. The van der Waals surface area contributed by atoms with Gasteiger partial charge in [0.05, 0.1) is 25.5 Å². The molecule has 0 saturated heterocycles. The summed E-state index contributed by atoms with van der Waals surface area (Å²) in [6.45, 7) is 2.15. The van der Waals surface area contributed by atoms with Crippen molar-refractivity contribution in [3.05, 3.63) is 45.6 Å². The fourth-order valence-electron chi connectivity index (χ4n) is 4.06. The van der Waals surface area contributed by atoms with Gasteiger partial charge in [0.2, 0.25) is 11.8 Å². The number of unbranched alkanes of at least 4 members (excludes halogenated alkanes) is 2. The van der Waals surface area contributed by atoms with Crippen molar-refractivity contribution in [1.82, 2.24) is 20.2 Å². The van der Waals surface area contributed by atoms with Crippen molar-refractivity contribution in [1.29, 1.82) is 0 Å². The molecule has 10 nitrogen and oxygen atoms in total. The highest BCUT2D eigenvalue weighted by molar-refractivity contribution is 7.99. The lowest BCUT2D eigenvalue weighted by Gasteiger charge is -2.12. The van der Waals surface area contributed by atoms with Crippen LogP contribution < -0.4 is 25.7 Å². The summed E-state index contributed by atoms with van der Waals surface area (Å²) >= 11 is 2.64. The van der Waals surface area contributed by atoms with E-state index >= 15 is 0 Å². The van der Waals surface area contributed by atoms with Crippen LogP contribution in [0.3, 0.4) is 0 Å². The number of thiophene rings is 1. The number of amides is 2. The number of methoxy groups -OCH3 is 3.